The van der Waals surface area contributed by atoms with Gasteiger partial charge in [-0.2, -0.15) is 14.6 Å². The van der Waals surface area contributed by atoms with Gasteiger partial charge in [-0.15, -0.1) is 0 Å². The predicted octanol–water partition coefficient (Wildman–Crippen LogP) is 2.93. The summed E-state index contributed by atoms with van der Waals surface area (Å²) in [5.74, 6) is -1.75. The third-order valence-corrected chi connectivity index (χ3v) is 6.90. The SMILES string of the molecule is Cc1nc2cc(CNC(=O)c3nc(C(=O)N[C@H]4CCc5c4ccc(C(=O)O)c5C)n4nccc4n3)ccc2o1. The van der Waals surface area contributed by atoms with Crippen LogP contribution in [0, 0.1) is 13.8 Å². The van der Waals surface area contributed by atoms with E-state index in [4.69, 9.17) is 4.42 Å². The fraction of sp³-hybridized carbons (Fsp3) is 0.222. The topological polar surface area (TPSA) is 165 Å². The van der Waals surface area contributed by atoms with E-state index in [0.717, 1.165) is 16.7 Å². The molecule has 2 amide bonds. The van der Waals surface area contributed by atoms with Crippen molar-refractivity contribution in [1.82, 2.24) is 35.2 Å². The summed E-state index contributed by atoms with van der Waals surface area (Å²) in [6.07, 6.45) is 2.72. The molecule has 3 aromatic heterocycles. The molecule has 0 radical (unpaired) electrons. The molecule has 39 heavy (non-hydrogen) atoms. The number of hydrogen-bond acceptors (Lipinski definition) is 8. The monoisotopic (exact) mass is 525 g/mol. The molecule has 0 saturated heterocycles. The van der Waals surface area contributed by atoms with Crippen molar-refractivity contribution in [1.29, 1.82) is 0 Å². The molecule has 3 N–H and O–H groups in total. The summed E-state index contributed by atoms with van der Waals surface area (Å²) in [6, 6.07) is 9.99. The van der Waals surface area contributed by atoms with E-state index in [1.165, 1.54) is 10.7 Å². The number of aryl methyl sites for hydroxylation is 1. The Morgan fingerprint density at radius 3 is 2.74 bits per heavy atom. The summed E-state index contributed by atoms with van der Waals surface area (Å²) >= 11 is 0. The zero-order chi connectivity index (χ0) is 27.3. The van der Waals surface area contributed by atoms with E-state index < -0.39 is 17.8 Å². The number of fused-ring (bicyclic) bond motifs is 3. The quantitative estimate of drug-likeness (QED) is 0.302. The third kappa shape index (κ3) is 4.35. The zero-order valence-electron chi connectivity index (χ0n) is 21.1. The molecule has 0 spiro atoms. The van der Waals surface area contributed by atoms with Crippen LogP contribution in [-0.4, -0.2) is 47.5 Å². The Bertz CT molecular complexity index is 1810. The van der Waals surface area contributed by atoms with Gasteiger partial charge in [0, 0.05) is 19.5 Å². The number of carbonyl (C=O) groups excluding carboxylic acids is 2. The largest absolute Gasteiger partial charge is 0.478 e. The molecule has 0 aliphatic heterocycles. The summed E-state index contributed by atoms with van der Waals surface area (Å²) in [5, 5.41) is 19.3. The molecule has 12 nitrogen and oxygen atoms in total. The van der Waals surface area contributed by atoms with Crippen LogP contribution in [0.5, 0.6) is 0 Å². The number of carboxylic acid groups (broad SMARTS) is 1. The maximum atomic E-state index is 13.4. The van der Waals surface area contributed by atoms with E-state index in [-0.39, 0.29) is 29.8 Å². The number of hydrogen-bond donors (Lipinski definition) is 3. The average Bonchev–Trinajstić information content (AvgIpc) is 3.64. The van der Waals surface area contributed by atoms with Gasteiger partial charge in [0.2, 0.25) is 11.6 Å². The smallest absolute Gasteiger partial charge is 0.335 e. The molecule has 2 aromatic carbocycles. The lowest BCUT2D eigenvalue weighted by molar-refractivity contribution is 0.0695. The molecule has 12 heteroatoms. The van der Waals surface area contributed by atoms with Crippen LogP contribution in [0.1, 0.15) is 72.2 Å². The highest BCUT2D eigenvalue weighted by molar-refractivity contribution is 5.95. The van der Waals surface area contributed by atoms with E-state index in [9.17, 15) is 19.5 Å². The summed E-state index contributed by atoms with van der Waals surface area (Å²) in [4.78, 5) is 50.7. The molecule has 196 valence electrons. The van der Waals surface area contributed by atoms with E-state index in [0.29, 0.717) is 41.0 Å². The first-order valence-electron chi connectivity index (χ1n) is 12.3. The number of aromatic carboxylic acids is 1. The highest BCUT2D eigenvalue weighted by Crippen LogP contribution is 2.34. The van der Waals surface area contributed by atoms with Crippen molar-refractivity contribution in [2.45, 2.75) is 39.3 Å². The minimum atomic E-state index is -0.982. The molecule has 1 atom stereocenters. The minimum Gasteiger partial charge on any atom is -0.478 e. The second-order valence-electron chi connectivity index (χ2n) is 9.37. The Hall–Kier alpha value is -5.13. The van der Waals surface area contributed by atoms with Crippen molar-refractivity contribution in [2.24, 2.45) is 0 Å². The first kappa shape index (κ1) is 24.2. The third-order valence-electron chi connectivity index (χ3n) is 6.90. The average molecular weight is 526 g/mol. The van der Waals surface area contributed by atoms with Crippen molar-refractivity contribution in [3.8, 4) is 0 Å². The van der Waals surface area contributed by atoms with Gasteiger partial charge in [0.25, 0.3) is 11.8 Å². The molecular weight excluding hydrogens is 502 g/mol. The number of nitrogens with one attached hydrogen (secondary N) is 2. The standard InChI is InChI=1S/C27H23N7O5/c1-13-16-6-7-19(18(16)5-4-17(13)27(37)38)31-26(36)24-33-23(32-22-9-10-29-34(22)24)25(35)28-12-15-3-8-21-20(11-15)30-14(2)39-21/h3-5,8-11,19H,6-7,12H2,1-2H3,(H,28,35)(H,31,36)(H,37,38)/t19-/m0/s1. The number of amides is 2. The molecule has 0 saturated carbocycles. The van der Waals surface area contributed by atoms with Crippen molar-refractivity contribution in [2.75, 3.05) is 0 Å². The van der Waals surface area contributed by atoms with Gasteiger partial charge in [-0.1, -0.05) is 12.1 Å². The molecule has 0 fully saturated rings. The summed E-state index contributed by atoms with van der Waals surface area (Å²) < 4.78 is 6.77. The maximum Gasteiger partial charge on any atom is 0.335 e. The molecule has 0 unspecified atom stereocenters. The van der Waals surface area contributed by atoms with Gasteiger partial charge in [0.05, 0.1) is 17.8 Å². The highest BCUT2D eigenvalue weighted by atomic mass is 16.4. The van der Waals surface area contributed by atoms with Crippen LogP contribution in [-0.2, 0) is 13.0 Å². The molecule has 1 aliphatic rings. The fourth-order valence-corrected chi connectivity index (χ4v) is 5.02. The van der Waals surface area contributed by atoms with Gasteiger partial charge in [-0.25, -0.2) is 14.8 Å². The van der Waals surface area contributed by atoms with Crippen molar-refractivity contribution in [3.63, 3.8) is 0 Å². The molecular formula is C27H23N7O5. The first-order chi connectivity index (χ1) is 18.8. The molecule has 6 rings (SSSR count). The van der Waals surface area contributed by atoms with Gasteiger partial charge >= 0.3 is 5.97 Å². The van der Waals surface area contributed by atoms with Gasteiger partial charge in [-0.3, -0.25) is 9.59 Å². The number of rotatable bonds is 6. The number of nitrogens with zero attached hydrogens (tertiary/aromatic N) is 5. The van der Waals surface area contributed by atoms with Gasteiger partial charge in [0.1, 0.15) is 5.52 Å². The number of benzene rings is 2. The Labute approximate surface area is 221 Å². The van der Waals surface area contributed by atoms with Crippen LogP contribution in [0.4, 0.5) is 0 Å². The first-order valence-corrected chi connectivity index (χ1v) is 12.3. The molecule has 3 heterocycles. The van der Waals surface area contributed by atoms with Crippen molar-refractivity contribution < 1.29 is 23.9 Å². The lowest BCUT2D eigenvalue weighted by Gasteiger charge is -2.15. The van der Waals surface area contributed by atoms with Crippen LogP contribution in [0.2, 0.25) is 0 Å². The maximum absolute atomic E-state index is 13.4. The van der Waals surface area contributed by atoms with Gasteiger partial charge in [0.15, 0.2) is 17.1 Å². The Morgan fingerprint density at radius 1 is 1.08 bits per heavy atom. The Balaban J connectivity index is 1.22. The molecule has 5 aromatic rings. The predicted molar refractivity (Wildman–Crippen MR) is 137 cm³/mol. The van der Waals surface area contributed by atoms with Crippen LogP contribution in [0.25, 0.3) is 16.7 Å². The van der Waals surface area contributed by atoms with E-state index in [1.807, 2.05) is 12.1 Å². The summed E-state index contributed by atoms with van der Waals surface area (Å²) in [5.41, 5.74) is 5.21. The van der Waals surface area contributed by atoms with Gasteiger partial charge < -0.3 is 20.2 Å². The second-order valence-corrected chi connectivity index (χ2v) is 9.37. The lowest BCUT2D eigenvalue weighted by atomic mass is 9.98. The molecule has 1 aliphatic carbocycles. The van der Waals surface area contributed by atoms with Crippen LogP contribution < -0.4 is 10.6 Å². The lowest BCUT2D eigenvalue weighted by Crippen LogP contribution is -2.32. The van der Waals surface area contributed by atoms with Crippen LogP contribution >= 0.6 is 0 Å². The van der Waals surface area contributed by atoms with E-state index in [2.05, 4.69) is 30.7 Å². The van der Waals surface area contributed by atoms with Crippen LogP contribution in [0.15, 0.2) is 47.0 Å². The molecule has 0 bridgehead atoms. The number of aromatic nitrogens is 5. The second kappa shape index (κ2) is 9.31. The summed E-state index contributed by atoms with van der Waals surface area (Å²) in [6.45, 7) is 3.74. The number of carboxylic acids is 1. The van der Waals surface area contributed by atoms with Crippen molar-refractivity contribution in [3.05, 3.63) is 88.0 Å². The van der Waals surface area contributed by atoms with Crippen molar-refractivity contribution >= 4 is 34.5 Å². The zero-order valence-corrected chi connectivity index (χ0v) is 21.1. The Morgan fingerprint density at radius 2 is 1.92 bits per heavy atom. The minimum absolute atomic E-state index is 0.0815. The van der Waals surface area contributed by atoms with E-state index >= 15 is 0 Å². The number of oxazole rings is 1. The van der Waals surface area contributed by atoms with E-state index in [1.54, 1.807) is 38.1 Å². The fourth-order valence-electron chi connectivity index (χ4n) is 5.02. The van der Waals surface area contributed by atoms with Gasteiger partial charge in [-0.05, 0) is 60.2 Å². The summed E-state index contributed by atoms with van der Waals surface area (Å²) in [7, 11) is 0. The normalized spacial score (nSPS) is 14.5. The van der Waals surface area contributed by atoms with Crippen LogP contribution in [0.3, 0.4) is 0 Å². The number of carbonyl (C=O) groups is 3. The Kier molecular flexibility index (Phi) is 5.78. The highest BCUT2D eigenvalue weighted by Gasteiger charge is 2.29.